The quantitative estimate of drug-likeness (QED) is 0.0475. The number of pyridine rings is 3. The normalized spacial score (nSPS) is 12.9. The van der Waals surface area contributed by atoms with Crippen LogP contribution in [0, 0.1) is 0 Å². The maximum absolute atomic E-state index is 12.2. The molecular weight excluding hydrogens is 1880 g/mol. The molecule has 15 aromatic carbocycles. The molecule has 1 fully saturated rings. The number of nitrogens with two attached hydrogens (primary N) is 2. The van der Waals surface area contributed by atoms with Crippen LogP contribution in [0.4, 0.5) is 4.39 Å². The van der Waals surface area contributed by atoms with Crippen molar-refractivity contribution in [2.75, 3.05) is 7.15 Å². The zero-order valence-corrected chi connectivity index (χ0v) is 78.6. The number of alkyl halides is 1. The number of carbonyl (C=O) groups is 2. The summed E-state index contributed by atoms with van der Waals surface area (Å²) in [6.07, 6.45) is 0. The predicted molar refractivity (Wildman–Crippen MR) is 557 cm³/mol. The van der Waals surface area contributed by atoms with E-state index in [2.05, 4.69) is 269 Å². The first kappa shape index (κ1) is 88.6. The Morgan fingerprint density at radius 3 is 1.22 bits per heavy atom. The van der Waals surface area contributed by atoms with E-state index in [-0.39, 0.29) is 5.56 Å². The molecule has 129 heavy (non-hydrogen) atoms. The van der Waals surface area contributed by atoms with Crippen molar-refractivity contribution in [3.05, 3.63) is 347 Å². The molecule has 24 rings (SSSR count). The highest BCUT2D eigenvalue weighted by Gasteiger charge is 2.53. The van der Waals surface area contributed by atoms with Crippen molar-refractivity contribution >= 4 is 326 Å². The molecule has 27 heteroatoms. The van der Waals surface area contributed by atoms with Crippen molar-refractivity contribution in [1.82, 2.24) is 15.0 Å². The minimum Gasteiger partial charge on any atom is -0.423 e. The first-order valence-electron chi connectivity index (χ1n) is 41.1. The second kappa shape index (κ2) is 37.8. The molecule has 1 aliphatic heterocycles. The van der Waals surface area contributed by atoms with Crippen LogP contribution in [-0.4, -0.2) is 69.4 Å². The summed E-state index contributed by atoms with van der Waals surface area (Å²) in [5.74, 6) is -0.804. The maximum Gasteiger partial charge on any atom is 0.515 e. The summed E-state index contributed by atoms with van der Waals surface area (Å²) in [7, 11) is -2.89. The van der Waals surface area contributed by atoms with Crippen LogP contribution < -0.4 is 28.1 Å². The number of hydrogen-bond donors (Lipinski definition) is 5. The lowest BCUT2D eigenvalue weighted by molar-refractivity contribution is 0.00578. The molecule has 0 saturated carbocycles. The summed E-state index contributed by atoms with van der Waals surface area (Å²) in [6, 6.07) is 106. The van der Waals surface area contributed by atoms with Gasteiger partial charge in [0.05, 0.1) is 47.4 Å². The first-order valence-corrected chi connectivity index (χ1v) is 50.1. The maximum atomic E-state index is 12.2. The van der Waals surface area contributed by atoms with Gasteiger partial charge >= 0.3 is 19.4 Å². The van der Waals surface area contributed by atoms with Gasteiger partial charge in [-0.15, -0.1) is 56.7 Å². The fourth-order valence-corrected chi connectivity index (χ4v) is 23.3. The number of nitrogens with zero attached hydrogens (tertiary/aromatic N) is 2. The number of thiophene rings is 5. The molecule has 8 aromatic heterocycles. The van der Waals surface area contributed by atoms with Gasteiger partial charge in [0.1, 0.15) is 5.15 Å². The number of benzene rings is 15. The van der Waals surface area contributed by atoms with Crippen molar-refractivity contribution in [2.24, 2.45) is 11.5 Å². The zero-order valence-electron chi connectivity index (χ0n) is 70.0. The molecule has 7 N–H and O–H groups in total. The highest BCUT2D eigenvalue weighted by Crippen LogP contribution is 2.61. The molecule has 0 unspecified atom stereocenters. The molecule has 2 amide bonds. The van der Waals surface area contributed by atoms with Crippen LogP contribution in [0.1, 0.15) is 49.8 Å². The predicted octanol–water partition coefficient (Wildman–Crippen LogP) is 29.0. The minimum absolute atomic E-state index is 0.0245. The van der Waals surface area contributed by atoms with Crippen LogP contribution >= 0.6 is 123 Å². The molecule has 9 heterocycles. The second-order valence-corrected chi connectivity index (χ2v) is 44.2. The number of fused-ring (bicyclic) bond motifs is 27. The lowest BCUT2D eigenvalue weighted by Crippen LogP contribution is -2.41. The average molecular weight is 1950 g/mol. The van der Waals surface area contributed by atoms with Gasteiger partial charge in [0, 0.05) is 143 Å². The Balaban J connectivity index is 0.000000110. The average Bonchev–Trinajstić information content (AvgIpc) is 1.53. The Bertz CT molecular complexity index is 8460. The van der Waals surface area contributed by atoms with Crippen LogP contribution in [-0.2, 0) is 13.9 Å². The van der Waals surface area contributed by atoms with Gasteiger partial charge in [0.25, 0.3) is 5.56 Å². The SMILES string of the molecule is CC1(C)OB(c2nc3ccc4c5ccccc5sc4c3c3ccccc23)OC1(C)C.Clc1nc2ccc3c4ccccc4sc3c2c2ccccc12.NC(=O)c1ccccc1-c1cccc2c1sc1ccccc12.NC(=O)c1ccccc1Br.O=P(Cl)(Cl)Cl.O=c1[nH]c2ccc3c4ccccc4sc3c2c2ccccc12.OB(O)c1cccc2c1sc1ccccc12.[2H]CF. The topological polar surface area (TPSA) is 221 Å². The summed E-state index contributed by atoms with van der Waals surface area (Å²) < 4.78 is 50.8. The number of nitrogens with one attached hydrogen (secondary N) is 1. The molecule has 1 saturated heterocycles. The second-order valence-electron chi connectivity index (χ2n) is 31.0. The number of rotatable bonds is 5. The van der Waals surface area contributed by atoms with Crippen LogP contribution in [0.2, 0.25) is 5.15 Å². The number of aromatic nitrogens is 3. The molecule has 0 radical (unpaired) electrons. The Morgan fingerprint density at radius 2 is 0.760 bits per heavy atom. The largest absolute Gasteiger partial charge is 0.515 e. The van der Waals surface area contributed by atoms with Crippen molar-refractivity contribution in [3.8, 4) is 11.1 Å². The van der Waals surface area contributed by atoms with Gasteiger partial charge < -0.3 is 35.8 Å². The number of hydrogen-bond acceptors (Lipinski definition) is 15. The van der Waals surface area contributed by atoms with Gasteiger partial charge in [0.2, 0.25) is 11.8 Å². The first-order chi connectivity index (χ1) is 62.7. The number of carbonyl (C=O) groups excluding carboxylic acids is 2. The van der Waals surface area contributed by atoms with Crippen molar-refractivity contribution < 1.29 is 39.3 Å². The summed E-state index contributed by atoms with van der Waals surface area (Å²) in [5, 5.41) is 38.3. The van der Waals surface area contributed by atoms with Crippen LogP contribution in [0.5, 0.6) is 0 Å². The molecule has 0 bridgehead atoms. The van der Waals surface area contributed by atoms with E-state index in [4.69, 9.17) is 38.7 Å². The van der Waals surface area contributed by atoms with Gasteiger partial charge in [-0.05, 0) is 183 Å². The standard InChI is InChI=1S/C25H22BNO2S.C19H10ClNS.C19H11NOS.C19H13NOS.C12H9BO2S.C7H6BrNO.CH3F.Cl3OP/c1-24(2)25(3,4)29-26(28-24)23-18-11-6-5-10-16(18)21-19(27-23)14-13-17-15-9-7-8-12-20(15)30-22(17)21;20-19-14-7-2-1-6-12(14)17-15(21-19)10-9-13-11-5-3-4-8-16(11)22-18(13)17;21-19-14-7-2-1-6-12(14)17-15(20-19)10-9-13-11-5-3-4-8-16(11)22-18(13)17;20-19(21)16-8-2-1-6-12(16)14-9-5-10-15-13-7-3-4-11-17(13)22-18(14)15;14-13(15)10-6-3-5-9-8-4-1-2-7-11(8)16-12(9)10;8-6-4-2-1-3-5(6)7(9)10;1-2;1-5(2,3)4/h5-14H,1-4H3;1-10H;1-10H,(H,20,21);1-11H,(H2,20,21);1-7,14-15H;1-4H,(H2,9,10);1H3;/i;;;;;;1D;. The van der Waals surface area contributed by atoms with E-state index in [1.54, 1.807) is 64.3 Å². The molecule has 638 valence electrons. The Kier molecular flexibility index (Phi) is 25.9. The third-order valence-electron chi connectivity index (χ3n) is 22.9. The van der Waals surface area contributed by atoms with Gasteiger partial charge in [-0.2, -0.15) is 0 Å². The zero-order chi connectivity index (χ0) is 91.0. The van der Waals surface area contributed by atoms with Crippen LogP contribution in [0.25, 0.3) is 177 Å². The van der Waals surface area contributed by atoms with Crippen molar-refractivity contribution in [3.63, 3.8) is 0 Å². The number of H-pyrrole nitrogens is 1. The molecule has 0 aliphatic carbocycles. The monoisotopic (exact) mass is 1950 g/mol. The van der Waals surface area contributed by atoms with E-state index in [9.17, 15) is 33.4 Å². The van der Waals surface area contributed by atoms with E-state index < -0.39 is 49.6 Å². The van der Waals surface area contributed by atoms with Crippen molar-refractivity contribution in [1.29, 1.82) is 0 Å². The Hall–Kier alpha value is -11.1. The summed E-state index contributed by atoms with van der Waals surface area (Å²) >= 11 is 32.2. The molecular formula is C102H74B2BrCl4FN5O8PS5. The number of aromatic amines is 1. The highest BCUT2D eigenvalue weighted by atomic mass is 79.9. The van der Waals surface area contributed by atoms with Gasteiger partial charge in [-0.1, -0.05) is 254 Å². The fourth-order valence-electron chi connectivity index (χ4n) is 16.3. The van der Waals surface area contributed by atoms with E-state index in [1.807, 2.05) is 126 Å². The molecule has 23 aromatic rings. The van der Waals surface area contributed by atoms with Gasteiger partial charge in [-0.3, -0.25) is 28.3 Å². The van der Waals surface area contributed by atoms with E-state index >= 15 is 0 Å². The van der Waals surface area contributed by atoms with Gasteiger partial charge in [-0.25, -0.2) is 4.98 Å². The molecule has 1 aliphatic rings. The van der Waals surface area contributed by atoms with E-state index in [1.165, 1.54) is 112 Å². The third kappa shape index (κ3) is 18.0. The lowest BCUT2D eigenvalue weighted by Gasteiger charge is -2.32. The number of amides is 2. The van der Waals surface area contributed by atoms with Crippen molar-refractivity contribution in [2.45, 2.75) is 38.9 Å². The number of primary amides is 2. The van der Waals surface area contributed by atoms with E-state index in [0.29, 0.717) is 21.7 Å². The Labute approximate surface area is 788 Å². The smallest absolute Gasteiger partial charge is 0.423 e. The van der Waals surface area contributed by atoms with Crippen LogP contribution in [0.15, 0.2) is 325 Å². The summed E-state index contributed by atoms with van der Waals surface area (Å²) in [5.41, 5.74) is 17.1. The molecule has 13 nitrogen and oxygen atoms in total. The van der Waals surface area contributed by atoms with Gasteiger partial charge in [0.15, 0.2) is 0 Å². The van der Waals surface area contributed by atoms with Crippen LogP contribution in [0.3, 0.4) is 0 Å². The summed E-state index contributed by atoms with van der Waals surface area (Å²) in [6.45, 7) is 8.32. The summed E-state index contributed by atoms with van der Waals surface area (Å²) in [4.78, 5) is 47.3. The fraction of sp³-hybridized carbons (Fsp3) is 0.0686. The third-order valence-corrected chi connectivity index (χ3v) is 29.9. The minimum atomic E-state index is -3.22. The molecule has 0 atom stereocenters. The highest BCUT2D eigenvalue weighted by molar-refractivity contribution is 9.10. The lowest BCUT2D eigenvalue weighted by atomic mass is 9.80. The van der Waals surface area contributed by atoms with E-state index in [0.717, 1.165) is 74.8 Å². The Morgan fingerprint density at radius 1 is 0.426 bits per heavy atom. The number of halogens is 6. The molecule has 0 spiro atoms.